The van der Waals surface area contributed by atoms with E-state index in [0.29, 0.717) is 13.2 Å². The van der Waals surface area contributed by atoms with E-state index < -0.39 is 10.0 Å². The monoisotopic (exact) mass is 239 g/mol. The molecule has 0 saturated heterocycles. The Kier molecular flexibility index (Phi) is 6.35. The van der Waals surface area contributed by atoms with Gasteiger partial charge in [0.15, 0.2) is 0 Å². The van der Waals surface area contributed by atoms with Gasteiger partial charge < -0.3 is 9.84 Å². The Hall–Kier alpha value is -0.170. The number of rotatable bonds is 8. The van der Waals surface area contributed by atoms with Gasteiger partial charge in [0.05, 0.1) is 12.4 Å². The molecule has 0 radical (unpaired) electrons. The lowest BCUT2D eigenvalue weighted by Crippen LogP contribution is -2.36. The lowest BCUT2D eigenvalue weighted by molar-refractivity contribution is 0.153. The number of sulfonamides is 1. The first-order valence-corrected chi connectivity index (χ1v) is 6.55. The van der Waals surface area contributed by atoms with Crippen molar-refractivity contribution in [3.63, 3.8) is 0 Å². The molecule has 0 saturated carbocycles. The Morgan fingerprint density at radius 3 is 2.47 bits per heavy atom. The normalized spacial score (nSPS) is 13.1. The topological polar surface area (TPSA) is 75.6 Å². The van der Waals surface area contributed by atoms with Crippen molar-refractivity contribution in [1.29, 1.82) is 0 Å². The smallest absolute Gasteiger partial charge is 0.213 e. The standard InChI is InChI=1S/C9H21NO4S/c1-9(2,4-6-14-3)8-10-15(12,13)7-5-11/h10-11H,4-8H2,1-3H3. The van der Waals surface area contributed by atoms with Crippen molar-refractivity contribution in [2.75, 3.05) is 32.6 Å². The fourth-order valence-electron chi connectivity index (χ4n) is 0.964. The molecule has 0 spiro atoms. The third kappa shape index (κ3) is 7.72. The van der Waals surface area contributed by atoms with Crippen molar-refractivity contribution in [1.82, 2.24) is 4.72 Å². The summed E-state index contributed by atoms with van der Waals surface area (Å²) in [6.07, 6.45) is 0.783. The average Bonchev–Trinajstić information content (AvgIpc) is 2.12. The second kappa shape index (κ2) is 6.42. The van der Waals surface area contributed by atoms with Crippen LogP contribution >= 0.6 is 0 Å². The number of aliphatic hydroxyl groups is 1. The summed E-state index contributed by atoms with van der Waals surface area (Å²) >= 11 is 0. The second-order valence-electron chi connectivity index (χ2n) is 4.27. The molecule has 0 aliphatic rings. The molecule has 0 heterocycles. The molecule has 5 nitrogen and oxygen atoms in total. The predicted octanol–water partition coefficient (Wildman–Crippen LogP) is -0.0392. The van der Waals surface area contributed by atoms with Crippen LogP contribution in [-0.2, 0) is 14.8 Å². The minimum Gasteiger partial charge on any atom is -0.395 e. The van der Waals surface area contributed by atoms with Gasteiger partial charge in [-0.05, 0) is 11.8 Å². The fourth-order valence-corrected chi connectivity index (χ4v) is 1.96. The first-order valence-electron chi connectivity index (χ1n) is 4.90. The summed E-state index contributed by atoms with van der Waals surface area (Å²) in [4.78, 5) is 0. The van der Waals surface area contributed by atoms with Crippen molar-refractivity contribution in [2.24, 2.45) is 5.41 Å². The molecule has 0 rings (SSSR count). The molecule has 15 heavy (non-hydrogen) atoms. The van der Waals surface area contributed by atoms with Crippen molar-refractivity contribution >= 4 is 10.0 Å². The highest BCUT2D eigenvalue weighted by atomic mass is 32.2. The predicted molar refractivity (Wildman–Crippen MR) is 59.1 cm³/mol. The van der Waals surface area contributed by atoms with E-state index in [9.17, 15) is 8.42 Å². The number of nitrogens with one attached hydrogen (secondary N) is 1. The van der Waals surface area contributed by atoms with Gasteiger partial charge in [-0.1, -0.05) is 13.8 Å². The first-order chi connectivity index (χ1) is 6.83. The number of hydrogen-bond donors (Lipinski definition) is 2. The van der Waals surface area contributed by atoms with E-state index >= 15 is 0 Å². The lowest BCUT2D eigenvalue weighted by atomic mass is 9.90. The summed E-state index contributed by atoms with van der Waals surface area (Å²) in [6, 6.07) is 0. The van der Waals surface area contributed by atoms with Gasteiger partial charge in [0.25, 0.3) is 0 Å². The highest BCUT2D eigenvalue weighted by Gasteiger charge is 2.20. The minimum absolute atomic E-state index is 0.140. The molecule has 0 bridgehead atoms. The summed E-state index contributed by atoms with van der Waals surface area (Å²) < 4.78 is 29.9. The Morgan fingerprint density at radius 2 is 2.00 bits per heavy atom. The summed E-state index contributed by atoms with van der Waals surface area (Å²) in [5.41, 5.74) is -0.140. The molecule has 2 N–H and O–H groups in total. The molecule has 0 aromatic rings. The summed E-state index contributed by atoms with van der Waals surface area (Å²) in [5.74, 6) is -0.243. The van der Waals surface area contributed by atoms with Gasteiger partial charge >= 0.3 is 0 Å². The lowest BCUT2D eigenvalue weighted by Gasteiger charge is -2.24. The van der Waals surface area contributed by atoms with Gasteiger partial charge in [0.1, 0.15) is 0 Å². The molecule has 0 aliphatic carbocycles. The minimum atomic E-state index is -3.33. The number of aliphatic hydroxyl groups excluding tert-OH is 1. The molecule has 0 unspecified atom stereocenters. The van der Waals surface area contributed by atoms with Crippen LogP contribution in [-0.4, -0.2) is 46.1 Å². The van der Waals surface area contributed by atoms with Crippen LogP contribution in [0.2, 0.25) is 0 Å². The molecule has 0 atom stereocenters. The van der Waals surface area contributed by atoms with Gasteiger partial charge in [0.2, 0.25) is 10.0 Å². The van der Waals surface area contributed by atoms with Crippen LogP contribution in [0.25, 0.3) is 0 Å². The van der Waals surface area contributed by atoms with Crippen LogP contribution < -0.4 is 4.72 Å². The van der Waals surface area contributed by atoms with Gasteiger partial charge in [-0.15, -0.1) is 0 Å². The van der Waals surface area contributed by atoms with E-state index in [4.69, 9.17) is 9.84 Å². The van der Waals surface area contributed by atoms with Crippen molar-refractivity contribution in [2.45, 2.75) is 20.3 Å². The zero-order chi connectivity index (χ0) is 11.9. The maximum atomic E-state index is 11.2. The Balaban J connectivity index is 4.02. The van der Waals surface area contributed by atoms with E-state index in [-0.39, 0.29) is 17.8 Å². The van der Waals surface area contributed by atoms with Gasteiger partial charge in [-0.3, -0.25) is 0 Å². The molecular formula is C9H21NO4S. The first kappa shape index (κ1) is 14.8. The molecule has 0 fully saturated rings. The summed E-state index contributed by atoms with van der Waals surface area (Å²) in [5, 5.41) is 8.53. The quantitative estimate of drug-likeness (QED) is 0.623. The molecule has 92 valence electrons. The van der Waals surface area contributed by atoms with E-state index in [2.05, 4.69) is 4.72 Å². The molecule has 0 amide bonds. The number of ether oxygens (including phenoxy) is 1. The van der Waals surface area contributed by atoms with E-state index in [1.54, 1.807) is 7.11 Å². The maximum Gasteiger partial charge on any atom is 0.213 e. The second-order valence-corrected chi connectivity index (χ2v) is 6.20. The molecule has 0 aromatic carbocycles. The van der Waals surface area contributed by atoms with E-state index in [0.717, 1.165) is 6.42 Å². The summed E-state index contributed by atoms with van der Waals surface area (Å²) in [6.45, 7) is 4.54. The van der Waals surface area contributed by atoms with E-state index in [1.165, 1.54) is 0 Å². The van der Waals surface area contributed by atoms with Crippen molar-refractivity contribution in [3.8, 4) is 0 Å². The molecule has 6 heteroatoms. The summed E-state index contributed by atoms with van der Waals surface area (Å²) in [7, 11) is -1.71. The average molecular weight is 239 g/mol. The third-order valence-corrected chi connectivity index (χ3v) is 3.42. The number of methoxy groups -OCH3 is 1. The van der Waals surface area contributed by atoms with Crippen LogP contribution in [0.4, 0.5) is 0 Å². The van der Waals surface area contributed by atoms with E-state index in [1.807, 2.05) is 13.8 Å². The Bertz CT molecular complexity index is 261. The fraction of sp³-hybridized carbons (Fsp3) is 1.00. The highest BCUT2D eigenvalue weighted by molar-refractivity contribution is 7.89. The Morgan fingerprint density at radius 1 is 1.40 bits per heavy atom. The van der Waals surface area contributed by atoms with Crippen LogP contribution in [0.3, 0.4) is 0 Å². The zero-order valence-electron chi connectivity index (χ0n) is 9.62. The SMILES string of the molecule is COCCC(C)(C)CNS(=O)(=O)CCO. The van der Waals surface area contributed by atoms with Crippen LogP contribution in [0.15, 0.2) is 0 Å². The molecule has 0 aliphatic heterocycles. The third-order valence-electron chi connectivity index (χ3n) is 2.11. The van der Waals surface area contributed by atoms with Crippen LogP contribution in [0, 0.1) is 5.41 Å². The largest absolute Gasteiger partial charge is 0.395 e. The zero-order valence-corrected chi connectivity index (χ0v) is 10.4. The number of hydrogen-bond acceptors (Lipinski definition) is 4. The van der Waals surface area contributed by atoms with Crippen molar-refractivity contribution in [3.05, 3.63) is 0 Å². The Labute approximate surface area is 91.9 Å². The molecule has 0 aromatic heterocycles. The van der Waals surface area contributed by atoms with Gasteiger partial charge in [-0.25, -0.2) is 13.1 Å². The highest BCUT2D eigenvalue weighted by Crippen LogP contribution is 2.18. The molecular weight excluding hydrogens is 218 g/mol. The van der Waals surface area contributed by atoms with Gasteiger partial charge in [0, 0.05) is 20.3 Å². The van der Waals surface area contributed by atoms with Crippen LogP contribution in [0.1, 0.15) is 20.3 Å². The van der Waals surface area contributed by atoms with Crippen LogP contribution in [0.5, 0.6) is 0 Å². The maximum absolute atomic E-state index is 11.2. The van der Waals surface area contributed by atoms with Crippen molar-refractivity contribution < 1.29 is 18.3 Å². The van der Waals surface area contributed by atoms with Gasteiger partial charge in [-0.2, -0.15) is 0 Å².